The molecule has 2 aromatic heterocycles. The predicted octanol–water partition coefficient (Wildman–Crippen LogP) is 1.10. The second-order valence-electron chi connectivity index (χ2n) is 3.51. The zero-order valence-electron chi connectivity index (χ0n) is 9.11. The minimum absolute atomic E-state index is 0.711. The summed E-state index contributed by atoms with van der Waals surface area (Å²) in [5.74, 6) is 0.769. The van der Waals surface area contributed by atoms with E-state index in [1.165, 1.54) is 0 Å². The van der Waals surface area contributed by atoms with E-state index in [2.05, 4.69) is 15.6 Å². The van der Waals surface area contributed by atoms with Crippen molar-refractivity contribution >= 4 is 0 Å². The van der Waals surface area contributed by atoms with E-state index < -0.39 is 0 Å². The Kier molecular flexibility index (Phi) is 2.55. The molecule has 15 heavy (non-hydrogen) atoms. The van der Waals surface area contributed by atoms with Gasteiger partial charge in [-0.1, -0.05) is 5.16 Å². The lowest BCUT2D eigenvalue weighted by molar-refractivity contribution is 0.421. The highest BCUT2D eigenvalue weighted by Gasteiger charge is 2.11. The Bertz CT molecular complexity index is 458. The summed E-state index contributed by atoms with van der Waals surface area (Å²) in [6, 6.07) is 1.93. The fourth-order valence-electron chi connectivity index (χ4n) is 1.54. The first-order chi connectivity index (χ1) is 7.20. The number of rotatable bonds is 3. The van der Waals surface area contributed by atoms with E-state index >= 15 is 0 Å². The van der Waals surface area contributed by atoms with Gasteiger partial charge in [0.25, 0.3) is 0 Å². The number of aromatic nitrogens is 3. The summed E-state index contributed by atoms with van der Waals surface area (Å²) >= 11 is 0. The Balaban J connectivity index is 2.32. The molecule has 0 aliphatic carbocycles. The van der Waals surface area contributed by atoms with Crippen LogP contribution in [0.1, 0.15) is 11.4 Å². The quantitative estimate of drug-likeness (QED) is 0.817. The largest absolute Gasteiger partial charge is 0.356 e. The second kappa shape index (κ2) is 3.86. The van der Waals surface area contributed by atoms with Gasteiger partial charge in [0, 0.05) is 25.9 Å². The van der Waals surface area contributed by atoms with Gasteiger partial charge < -0.3 is 9.84 Å². The molecule has 2 heterocycles. The predicted molar refractivity (Wildman–Crippen MR) is 56.2 cm³/mol. The molecule has 0 spiro atoms. The third-order valence-corrected chi connectivity index (χ3v) is 2.20. The molecule has 0 bridgehead atoms. The second-order valence-corrected chi connectivity index (χ2v) is 3.51. The number of hydrogen-bond acceptors (Lipinski definition) is 4. The normalized spacial score (nSPS) is 10.9. The van der Waals surface area contributed by atoms with E-state index in [9.17, 15) is 0 Å². The average molecular weight is 206 g/mol. The number of nitrogens with zero attached hydrogens (tertiary/aromatic N) is 3. The van der Waals surface area contributed by atoms with E-state index in [-0.39, 0.29) is 0 Å². The molecule has 0 amide bonds. The number of nitrogens with one attached hydrogen (secondary N) is 1. The lowest BCUT2D eigenvalue weighted by Gasteiger charge is -1.89. The summed E-state index contributed by atoms with van der Waals surface area (Å²) in [5.41, 5.74) is 2.84. The van der Waals surface area contributed by atoms with Crippen molar-refractivity contribution < 1.29 is 4.52 Å². The van der Waals surface area contributed by atoms with Gasteiger partial charge in [-0.05, 0) is 14.0 Å². The van der Waals surface area contributed by atoms with Crippen LogP contribution >= 0.6 is 0 Å². The lowest BCUT2D eigenvalue weighted by atomic mass is 10.2. The van der Waals surface area contributed by atoms with Crippen molar-refractivity contribution in [3.05, 3.63) is 23.7 Å². The van der Waals surface area contributed by atoms with Crippen LogP contribution in [0, 0.1) is 6.92 Å². The number of hydrogen-bond donors (Lipinski definition) is 1. The monoisotopic (exact) mass is 206 g/mol. The fourth-order valence-corrected chi connectivity index (χ4v) is 1.54. The summed E-state index contributed by atoms with van der Waals surface area (Å²) in [6.07, 6.45) is 1.93. The molecule has 5 nitrogen and oxygen atoms in total. The lowest BCUT2D eigenvalue weighted by Crippen LogP contribution is -2.04. The van der Waals surface area contributed by atoms with Gasteiger partial charge in [0.15, 0.2) is 5.76 Å². The molecule has 2 rings (SSSR count). The van der Waals surface area contributed by atoms with Crippen LogP contribution in [0.15, 0.2) is 16.8 Å². The first-order valence-corrected chi connectivity index (χ1v) is 4.81. The topological polar surface area (TPSA) is 55.9 Å². The molecule has 0 radical (unpaired) electrons. The Morgan fingerprint density at radius 2 is 2.33 bits per heavy atom. The maximum atomic E-state index is 5.25. The average Bonchev–Trinajstić information content (AvgIpc) is 2.73. The summed E-state index contributed by atoms with van der Waals surface area (Å²) < 4.78 is 7.02. The van der Waals surface area contributed by atoms with Crippen LogP contribution in [0.3, 0.4) is 0 Å². The zero-order chi connectivity index (χ0) is 10.8. The zero-order valence-corrected chi connectivity index (χ0v) is 9.11. The van der Waals surface area contributed by atoms with Crippen LogP contribution in [0.4, 0.5) is 0 Å². The van der Waals surface area contributed by atoms with Crippen molar-refractivity contribution in [2.75, 3.05) is 7.05 Å². The third kappa shape index (κ3) is 1.92. The van der Waals surface area contributed by atoms with Gasteiger partial charge in [0.2, 0.25) is 0 Å². The Labute approximate surface area is 88.1 Å². The van der Waals surface area contributed by atoms with Gasteiger partial charge in [-0.25, -0.2) is 0 Å². The highest BCUT2D eigenvalue weighted by Crippen LogP contribution is 2.22. The van der Waals surface area contributed by atoms with Crippen LogP contribution in [-0.4, -0.2) is 22.0 Å². The van der Waals surface area contributed by atoms with Crippen LogP contribution < -0.4 is 5.32 Å². The smallest absolute Gasteiger partial charge is 0.170 e. The molecule has 0 aliphatic heterocycles. The van der Waals surface area contributed by atoms with Crippen molar-refractivity contribution in [3.8, 4) is 11.3 Å². The first-order valence-electron chi connectivity index (χ1n) is 4.81. The summed E-state index contributed by atoms with van der Waals surface area (Å²) in [4.78, 5) is 0. The molecular formula is C10H14N4O. The van der Waals surface area contributed by atoms with E-state index in [1.54, 1.807) is 4.68 Å². The van der Waals surface area contributed by atoms with Gasteiger partial charge in [0.05, 0.1) is 17.0 Å². The van der Waals surface area contributed by atoms with Gasteiger partial charge in [-0.3, -0.25) is 4.68 Å². The number of aryl methyl sites for hydroxylation is 2. The molecule has 0 atom stereocenters. The van der Waals surface area contributed by atoms with E-state index in [0.717, 1.165) is 22.7 Å². The van der Waals surface area contributed by atoms with Crippen LogP contribution in [0.2, 0.25) is 0 Å². The van der Waals surface area contributed by atoms with Gasteiger partial charge in [0.1, 0.15) is 0 Å². The molecule has 80 valence electrons. The molecule has 0 unspecified atom stereocenters. The minimum Gasteiger partial charge on any atom is -0.356 e. The molecule has 0 saturated carbocycles. The maximum absolute atomic E-state index is 5.25. The molecular weight excluding hydrogens is 192 g/mol. The standard InChI is InChI=1S/C10H14N4O/c1-7-9(6-14(3)12-7)10-4-8(5-11-2)13-15-10/h4,6,11H,5H2,1-3H3. The van der Waals surface area contributed by atoms with Crippen LogP contribution in [0.25, 0.3) is 11.3 Å². The van der Waals surface area contributed by atoms with Crippen LogP contribution in [-0.2, 0) is 13.6 Å². The van der Waals surface area contributed by atoms with Crippen molar-refractivity contribution in [2.24, 2.45) is 7.05 Å². The van der Waals surface area contributed by atoms with Crippen molar-refractivity contribution in [1.29, 1.82) is 0 Å². The van der Waals surface area contributed by atoms with Gasteiger partial charge in [-0.2, -0.15) is 5.10 Å². The molecule has 0 aromatic carbocycles. The van der Waals surface area contributed by atoms with Crippen molar-refractivity contribution in [1.82, 2.24) is 20.3 Å². The SMILES string of the molecule is CNCc1cc(-c2cn(C)nc2C)on1. The minimum atomic E-state index is 0.711. The van der Waals surface area contributed by atoms with E-state index in [1.807, 2.05) is 33.3 Å². The molecule has 0 fully saturated rings. The molecule has 1 N–H and O–H groups in total. The molecule has 2 aromatic rings. The Morgan fingerprint density at radius 3 is 2.93 bits per heavy atom. The van der Waals surface area contributed by atoms with E-state index in [0.29, 0.717) is 6.54 Å². The molecule has 0 aliphatic rings. The summed E-state index contributed by atoms with van der Waals surface area (Å²) in [6.45, 7) is 2.67. The fraction of sp³-hybridized carbons (Fsp3) is 0.400. The first kappa shape index (κ1) is 9.92. The molecule has 0 saturated heterocycles. The summed E-state index contributed by atoms with van der Waals surface area (Å²) in [7, 11) is 3.77. The highest BCUT2D eigenvalue weighted by atomic mass is 16.5. The van der Waals surface area contributed by atoms with Crippen molar-refractivity contribution in [2.45, 2.75) is 13.5 Å². The molecule has 5 heteroatoms. The highest BCUT2D eigenvalue weighted by molar-refractivity contribution is 5.59. The van der Waals surface area contributed by atoms with Gasteiger partial charge in [-0.15, -0.1) is 0 Å². The maximum Gasteiger partial charge on any atom is 0.170 e. The van der Waals surface area contributed by atoms with Gasteiger partial charge >= 0.3 is 0 Å². The van der Waals surface area contributed by atoms with E-state index in [4.69, 9.17) is 4.52 Å². The third-order valence-electron chi connectivity index (χ3n) is 2.20. The van der Waals surface area contributed by atoms with Crippen molar-refractivity contribution in [3.63, 3.8) is 0 Å². The Morgan fingerprint density at radius 1 is 1.53 bits per heavy atom. The van der Waals surface area contributed by atoms with Crippen LogP contribution in [0.5, 0.6) is 0 Å². The Hall–Kier alpha value is -1.62. The summed E-state index contributed by atoms with van der Waals surface area (Å²) in [5, 5.41) is 11.2.